The summed E-state index contributed by atoms with van der Waals surface area (Å²) in [5, 5.41) is 23.6. The average Bonchev–Trinajstić information content (AvgIpc) is 2.99. The maximum absolute atomic E-state index is 9.88. The molecule has 0 radical (unpaired) electrons. The molecule has 3 heterocycles. The van der Waals surface area contributed by atoms with Gasteiger partial charge in [-0.2, -0.15) is 5.10 Å². The fourth-order valence-electron chi connectivity index (χ4n) is 4.39. The van der Waals surface area contributed by atoms with Crippen LogP contribution in [-0.4, -0.2) is 57.2 Å². The van der Waals surface area contributed by atoms with E-state index in [1.807, 2.05) is 10.7 Å². The molecule has 2 N–H and O–H groups in total. The monoisotopic (exact) mass is 370 g/mol. The molecule has 27 heavy (non-hydrogen) atoms. The molecule has 1 saturated heterocycles. The van der Waals surface area contributed by atoms with Gasteiger partial charge in [-0.25, -0.2) is 0 Å². The first-order valence-corrected chi connectivity index (χ1v) is 10.1. The summed E-state index contributed by atoms with van der Waals surface area (Å²) in [6.45, 7) is 6.91. The smallest absolute Gasteiger partial charge is 0.121 e. The van der Waals surface area contributed by atoms with Crippen LogP contribution in [0.25, 0.3) is 0 Å². The molecule has 0 unspecified atom stereocenters. The molecule has 2 aliphatic rings. The van der Waals surface area contributed by atoms with Crippen molar-refractivity contribution in [2.45, 2.75) is 51.4 Å². The fraction of sp³-hybridized carbons (Fsp3) is 0.571. The molecule has 0 spiro atoms. The van der Waals surface area contributed by atoms with Crippen molar-refractivity contribution in [3.8, 4) is 0 Å². The maximum atomic E-state index is 9.88. The summed E-state index contributed by atoms with van der Waals surface area (Å²) >= 11 is 0. The molecule has 0 bridgehead atoms. The predicted octanol–water partition coefficient (Wildman–Crippen LogP) is 2.09. The van der Waals surface area contributed by atoms with Crippen LogP contribution >= 0.6 is 0 Å². The van der Waals surface area contributed by atoms with Crippen molar-refractivity contribution in [1.29, 1.82) is 0 Å². The number of hydrogen-bond donors (Lipinski definition) is 2. The standard InChI is InChI=1S/C21H30N4O2/c1-16-4-2-5-18(12-16)23-10-6-17(7-11-23)24-8-3-9-25-19(14-24)13-20(22-25)21(27)15-26/h2,4-5,12-13,17,21,26-27H,3,6-11,14-15H2,1H3/t21-/m1/s1. The van der Waals surface area contributed by atoms with E-state index in [0.717, 1.165) is 44.8 Å². The lowest BCUT2D eigenvalue weighted by Crippen LogP contribution is -2.44. The summed E-state index contributed by atoms with van der Waals surface area (Å²) in [4.78, 5) is 5.09. The van der Waals surface area contributed by atoms with E-state index < -0.39 is 6.10 Å². The van der Waals surface area contributed by atoms with Crippen LogP contribution in [-0.2, 0) is 13.1 Å². The van der Waals surface area contributed by atoms with Gasteiger partial charge in [0.15, 0.2) is 0 Å². The van der Waals surface area contributed by atoms with Crippen LogP contribution in [0.1, 0.15) is 42.3 Å². The Morgan fingerprint density at radius 3 is 2.70 bits per heavy atom. The Balaban J connectivity index is 1.40. The van der Waals surface area contributed by atoms with Crippen LogP contribution < -0.4 is 4.90 Å². The molecule has 4 rings (SSSR count). The van der Waals surface area contributed by atoms with Crippen LogP contribution in [0, 0.1) is 6.92 Å². The first kappa shape index (κ1) is 18.5. The van der Waals surface area contributed by atoms with Crippen molar-refractivity contribution < 1.29 is 10.2 Å². The molecule has 1 aromatic heterocycles. The number of aryl methyl sites for hydroxylation is 2. The van der Waals surface area contributed by atoms with Crippen molar-refractivity contribution in [3.63, 3.8) is 0 Å². The lowest BCUT2D eigenvalue weighted by atomic mass is 10.0. The molecular formula is C21H30N4O2. The van der Waals surface area contributed by atoms with Crippen molar-refractivity contribution in [2.75, 3.05) is 31.1 Å². The first-order chi connectivity index (χ1) is 13.1. The topological polar surface area (TPSA) is 64.8 Å². The molecule has 1 fully saturated rings. The van der Waals surface area contributed by atoms with Gasteiger partial charge >= 0.3 is 0 Å². The van der Waals surface area contributed by atoms with E-state index in [-0.39, 0.29) is 6.61 Å². The SMILES string of the molecule is Cc1cccc(N2CCC(N3CCCn4nc([C@H](O)CO)cc4C3)CC2)c1. The number of hydrogen-bond acceptors (Lipinski definition) is 5. The normalized spacial score (nSPS) is 20.3. The fourth-order valence-corrected chi connectivity index (χ4v) is 4.39. The highest BCUT2D eigenvalue weighted by Crippen LogP contribution is 2.26. The summed E-state index contributed by atoms with van der Waals surface area (Å²) in [6.07, 6.45) is 2.54. The second-order valence-electron chi connectivity index (χ2n) is 7.86. The summed E-state index contributed by atoms with van der Waals surface area (Å²) in [6, 6.07) is 11.3. The van der Waals surface area contributed by atoms with Gasteiger partial charge < -0.3 is 15.1 Å². The highest BCUT2D eigenvalue weighted by Gasteiger charge is 2.27. The molecule has 1 aromatic carbocycles. The minimum Gasteiger partial charge on any atom is -0.393 e. The number of rotatable bonds is 4. The van der Waals surface area contributed by atoms with Gasteiger partial charge in [0.1, 0.15) is 6.10 Å². The van der Waals surface area contributed by atoms with Crippen LogP contribution in [0.15, 0.2) is 30.3 Å². The number of fused-ring (bicyclic) bond motifs is 1. The van der Waals surface area contributed by atoms with Gasteiger partial charge in [-0.3, -0.25) is 9.58 Å². The van der Waals surface area contributed by atoms with E-state index in [0.29, 0.717) is 11.7 Å². The Bertz CT molecular complexity index is 767. The third-order valence-electron chi connectivity index (χ3n) is 5.92. The molecule has 0 aliphatic carbocycles. The number of aliphatic hydroxyl groups is 2. The number of aliphatic hydroxyl groups excluding tert-OH is 2. The molecule has 1 atom stereocenters. The second-order valence-corrected chi connectivity index (χ2v) is 7.86. The third-order valence-corrected chi connectivity index (χ3v) is 5.92. The summed E-state index contributed by atoms with van der Waals surface area (Å²) < 4.78 is 2.01. The average molecular weight is 370 g/mol. The number of nitrogens with zero attached hydrogens (tertiary/aromatic N) is 4. The van der Waals surface area contributed by atoms with Gasteiger partial charge in [0.2, 0.25) is 0 Å². The zero-order chi connectivity index (χ0) is 18.8. The van der Waals surface area contributed by atoms with E-state index in [4.69, 9.17) is 0 Å². The molecule has 6 nitrogen and oxygen atoms in total. The Morgan fingerprint density at radius 2 is 1.96 bits per heavy atom. The molecule has 146 valence electrons. The van der Waals surface area contributed by atoms with Gasteiger partial charge in [0.25, 0.3) is 0 Å². The highest BCUT2D eigenvalue weighted by atomic mass is 16.3. The van der Waals surface area contributed by atoms with Gasteiger partial charge in [0.05, 0.1) is 18.0 Å². The van der Waals surface area contributed by atoms with Crippen molar-refractivity contribution in [3.05, 3.63) is 47.3 Å². The molecule has 0 saturated carbocycles. The van der Waals surface area contributed by atoms with Crippen LogP contribution in [0.4, 0.5) is 5.69 Å². The summed E-state index contributed by atoms with van der Waals surface area (Å²) in [5.74, 6) is 0. The number of aromatic nitrogens is 2. The largest absolute Gasteiger partial charge is 0.393 e. The van der Waals surface area contributed by atoms with Gasteiger partial charge in [-0.05, 0) is 49.9 Å². The summed E-state index contributed by atoms with van der Waals surface area (Å²) in [7, 11) is 0. The number of piperidine rings is 1. The molecule has 0 amide bonds. The molecule has 2 aliphatic heterocycles. The zero-order valence-corrected chi connectivity index (χ0v) is 16.1. The van der Waals surface area contributed by atoms with E-state index in [2.05, 4.69) is 46.1 Å². The summed E-state index contributed by atoms with van der Waals surface area (Å²) in [5.41, 5.74) is 4.39. The lowest BCUT2D eigenvalue weighted by Gasteiger charge is -2.39. The quantitative estimate of drug-likeness (QED) is 0.863. The van der Waals surface area contributed by atoms with Crippen molar-refractivity contribution in [2.24, 2.45) is 0 Å². The van der Waals surface area contributed by atoms with Crippen molar-refractivity contribution in [1.82, 2.24) is 14.7 Å². The zero-order valence-electron chi connectivity index (χ0n) is 16.1. The first-order valence-electron chi connectivity index (χ1n) is 10.1. The molecular weight excluding hydrogens is 340 g/mol. The Labute approximate surface area is 161 Å². The van der Waals surface area contributed by atoms with Crippen LogP contribution in [0.3, 0.4) is 0 Å². The van der Waals surface area contributed by atoms with E-state index in [1.165, 1.54) is 24.1 Å². The molecule has 6 heteroatoms. The molecule has 2 aromatic rings. The minimum absolute atomic E-state index is 0.280. The van der Waals surface area contributed by atoms with Crippen LogP contribution in [0.5, 0.6) is 0 Å². The Hall–Kier alpha value is -1.89. The third kappa shape index (κ3) is 4.03. The number of benzene rings is 1. The lowest BCUT2D eigenvalue weighted by molar-refractivity contribution is 0.0915. The second kappa shape index (κ2) is 8.00. The van der Waals surface area contributed by atoms with Gasteiger partial charge in [-0.1, -0.05) is 12.1 Å². The van der Waals surface area contributed by atoms with Crippen LogP contribution in [0.2, 0.25) is 0 Å². The Morgan fingerprint density at radius 1 is 1.15 bits per heavy atom. The van der Waals surface area contributed by atoms with E-state index >= 15 is 0 Å². The van der Waals surface area contributed by atoms with E-state index in [9.17, 15) is 10.2 Å². The highest BCUT2D eigenvalue weighted by molar-refractivity contribution is 5.48. The Kier molecular flexibility index (Phi) is 5.48. The number of anilines is 1. The predicted molar refractivity (Wildman–Crippen MR) is 106 cm³/mol. The van der Waals surface area contributed by atoms with Gasteiger partial charge in [-0.15, -0.1) is 0 Å². The van der Waals surface area contributed by atoms with Crippen molar-refractivity contribution >= 4 is 5.69 Å². The van der Waals surface area contributed by atoms with Gasteiger partial charge in [0, 0.05) is 44.5 Å². The maximum Gasteiger partial charge on any atom is 0.121 e. The van der Waals surface area contributed by atoms with E-state index in [1.54, 1.807) is 0 Å². The minimum atomic E-state index is -0.879.